The highest BCUT2D eigenvalue weighted by Gasteiger charge is 2.60. The molecular weight excluding hydrogens is 338 g/mol. The largest absolute Gasteiger partial charge is 0.338 e. The van der Waals surface area contributed by atoms with Crippen LogP contribution < -0.4 is 5.43 Å². The van der Waals surface area contributed by atoms with Gasteiger partial charge in [-0.2, -0.15) is 5.10 Å². The van der Waals surface area contributed by atoms with E-state index in [0.29, 0.717) is 24.4 Å². The van der Waals surface area contributed by atoms with Crippen molar-refractivity contribution in [2.75, 3.05) is 6.54 Å². The number of hydrogen-bond donors (Lipinski definition) is 1. The lowest BCUT2D eigenvalue weighted by Gasteiger charge is -2.34. The number of amides is 2. The summed E-state index contributed by atoms with van der Waals surface area (Å²) in [5, 5.41) is 4.53. The highest BCUT2D eigenvalue weighted by Crippen LogP contribution is 2.63. The van der Waals surface area contributed by atoms with Crippen molar-refractivity contribution in [2.24, 2.45) is 21.8 Å². The topological polar surface area (TPSA) is 61.8 Å². The monoisotopic (exact) mass is 367 g/mol. The van der Waals surface area contributed by atoms with Crippen molar-refractivity contribution in [3.63, 3.8) is 0 Å². The Balaban J connectivity index is 1.40. The van der Waals surface area contributed by atoms with Gasteiger partial charge in [-0.05, 0) is 54.7 Å². The molecule has 2 atom stereocenters. The Morgan fingerprint density at radius 3 is 2.56 bits per heavy atom. The average molecular weight is 367 g/mol. The number of carbonyl (C=O) groups is 2. The summed E-state index contributed by atoms with van der Waals surface area (Å²) in [5.41, 5.74) is 5.91. The summed E-state index contributed by atoms with van der Waals surface area (Å²) in [4.78, 5) is 26.1. The summed E-state index contributed by atoms with van der Waals surface area (Å²) in [7, 11) is 0. The van der Waals surface area contributed by atoms with Crippen molar-refractivity contribution in [1.29, 1.82) is 0 Å². The van der Waals surface area contributed by atoms with Crippen LogP contribution in [0.2, 0.25) is 0 Å². The summed E-state index contributed by atoms with van der Waals surface area (Å²) in [6.07, 6.45) is 5.00. The number of hydrazone groups is 1. The Hall–Kier alpha value is -2.17. The molecule has 3 aliphatic rings. The molecule has 144 valence electrons. The van der Waals surface area contributed by atoms with Crippen LogP contribution in [0.4, 0.5) is 0 Å². The zero-order valence-corrected chi connectivity index (χ0v) is 16.5. The highest BCUT2D eigenvalue weighted by molar-refractivity contribution is 5.98. The van der Waals surface area contributed by atoms with Crippen LogP contribution in [0, 0.1) is 16.7 Å². The molecule has 1 saturated heterocycles. The van der Waals surface area contributed by atoms with Crippen LogP contribution in [0.25, 0.3) is 0 Å². The molecule has 2 amide bonds. The van der Waals surface area contributed by atoms with E-state index in [0.717, 1.165) is 37.1 Å². The number of likely N-dealkylation sites (tertiary alicyclic amines) is 1. The first-order valence-corrected chi connectivity index (χ1v) is 10.1. The zero-order chi connectivity index (χ0) is 19.2. The van der Waals surface area contributed by atoms with Crippen molar-refractivity contribution >= 4 is 17.5 Å². The van der Waals surface area contributed by atoms with E-state index in [1.165, 1.54) is 6.42 Å². The predicted molar refractivity (Wildman–Crippen MR) is 105 cm³/mol. The smallest absolute Gasteiger partial charge is 0.271 e. The maximum absolute atomic E-state index is 12.5. The maximum Gasteiger partial charge on any atom is 0.271 e. The average Bonchev–Trinajstić information content (AvgIpc) is 3.20. The second-order valence-electron chi connectivity index (χ2n) is 9.11. The zero-order valence-electron chi connectivity index (χ0n) is 16.5. The van der Waals surface area contributed by atoms with Crippen molar-refractivity contribution < 1.29 is 9.59 Å². The first-order chi connectivity index (χ1) is 12.8. The molecule has 0 aromatic heterocycles. The van der Waals surface area contributed by atoms with E-state index >= 15 is 0 Å². The van der Waals surface area contributed by atoms with Gasteiger partial charge in [0.1, 0.15) is 0 Å². The Morgan fingerprint density at radius 1 is 1.26 bits per heavy atom. The summed E-state index contributed by atoms with van der Waals surface area (Å²) in [6, 6.07) is 7.49. The molecule has 0 spiro atoms. The minimum absolute atomic E-state index is 0.0943. The van der Waals surface area contributed by atoms with Gasteiger partial charge in [-0.15, -0.1) is 0 Å². The third kappa shape index (κ3) is 2.97. The van der Waals surface area contributed by atoms with E-state index in [1.54, 1.807) is 0 Å². The Labute approximate surface area is 161 Å². The predicted octanol–water partition coefficient (Wildman–Crippen LogP) is 3.74. The Morgan fingerprint density at radius 2 is 2.00 bits per heavy atom. The Kier molecular flexibility index (Phi) is 4.36. The molecule has 1 heterocycles. The summed E-state index contributed by atoms with van der Waals surface area (Å²) < 4.78 is 0. The van der Waals surface area contributed by atoms with Gasteiger partial charge in [-0.3, -0.25) is 9.59 Å². The van der Waals surface area contributed by atoms with Gasteiger partial charge in [0.2, 0.25) is 5.91 Å². The third-order valence-electron chi connectivity index (χ3n) is 7.57. The number of carbonyl (C=O) groups excluding carboxylic acids is 2. The standard InChI is InChI=1S/C22H29N3O2/c1-21(2)17-10-11-22(21,3)18(13-17)23-24-20(27)16-8-6-15(7-9-16)14-25-12-4-5-19(25)26/h6-9,17H,4-5,10-14H2,1-3H3,(H,24,27)/b23-18+/t17-,22-/m1/s1. The minimum Gasteiger partial charge on any atom is -0.338 e. The first-order valence-electron chi connectivity index (χ1n) is 10.1. The molecule has 2 saturated carbocycles. The van der Waals surface area contributed by atoms with Gasteiger partial charge in [0.25, 0.3) is 5.91 Å². The fourth-order valence-corrected chi connectivity index (χ4v) is 5.13. The van der Waals surface area contributed by atoms with E-state index in [-0.39, 0.29) is 22.6 Å². The van der Waals surface area contributed by atoms with Gasteiger partial charge < -0.3 is 4.90 Å². The van der Waals surface area contributed by atoms with Crippen molar-refractivity contribution in [3.8, 4) is 0 Å². The maximum atomic E-state index is 12.5. The van der Waals surface area contributed by atoms with E-state index < -0.39 is 0 Å². The lowest BCUT2D eigenvalue weighted by atomic mass is 9.70. The van der Waals surface area contributed by atoms with E-state index in [1.807, 2.05) is 29.2 Å². The highest BCUT2D eigenvalue weighted by atomic mass is 16.2. The number of hydrogen-bond acceptors (Lipinski definition) is 3. The number of benzene rings is 1. The van der Waals surface area contributed by atoms with Gasteiger partial charge in [-0.25, -0.2) is 5.43 Å². The molecule has 0 radical (unpaired) electrons. The van der Waals surface area contributed by atoms with Crippen LogP contribution in [0.5, 0.6) is 0 Å². The molecule has 5 nitrogen and oxygen atoms in total. The molecule has 1 aliphatic heterocycles. The minimum atomic E-state index is -0.171. The lowest BCUT2D eigenvalue weighted by Crippen LogP contribution is -2.34. The van der Waals surface area contributed by atoms with E-state index in [2.05, 4.69) is 31.3 Å². The molecule has 1 aromatic carbocycles. The normalized spacial score (nSPS) is 30.3. The van der Waals surface area contributed by atoms with E-state index in [4.69, 9.17) is 0 Å². The van der Waals surface area contributed by atoms with E-state index in [9.17, 15) is 9.59 Å². The Bertz CT molecular complexity index is 796. The molecule has 5 heteroatoms. The number of rotatable bonds is 4. The van der Waals surface area contributed by atoms with Gasteiger partial charge in [0, 0.05) is 36.2 Å². The van der Waals surface area contributed by atoms with Crippen LogP contribution in [-0.4, -0.2) is 29.0 Å². The molecular formula is C22H29N3O2. The van der Waals surface area contributed by atoms with Crippen LogP contribution in [0.3, 0.4) is 0 Å². The fourth-order valence-electron chi connectivity index (χ4n) is 5.13. The SMILES string of the molecule is CC1(C)[C@@H]2CC[C@]1(C)/C(=N/NC(=O)c1ccc(CN3CCCC3=O)cc1)C2. The van der Waals surface area contributed by atoms with Gasteiger partial charge in [-0.1, -0.05) is 32.9 Å². The van der Waals surface area contributed by atoms with Crippen molar-refractivity contribution in [1.82, 2.24) is 10.3 Å². The second kappa shape index (κ2) is 6.47. The summed E-state index contributed by atoms with van der Waals surface area (Å²) in [5.74, 6) is 0.719. The number of fused-ring (bicyclic) bond motifs is 2. The van der Waals surface area contributed by atoms with Crippen molar-refractivity contribution in [2.45, 2.75) is 59.4 Å². The third-order valence-corrected chi connectivity index (χ3v) is 7.57. The van der Waals surface area contributed by atoms with Gasteiger partial charge >= 0.3 is 0 Å². The molecule has 1 aromatic rings. The van der Waals surface area contributed by atoms with Crippen LogP contribution >= 0.6 is 0 Å². The molecule has 2 aliphatic carbocycles. The summed E-state index contributed by atoms with van der Waals surface area (Å²) in [6.45, 7) is 8.41. The molecule has 4 rings (SSSR count). The second-order valence-corrected chi connectivity index (χ2v) is 9.11. The van der Waals surface area contributed by atoms with Gasteiger partial charge in [0.15, 0.2) is 0 Å². The fraction of sp³-hybridized carbons (Fsp3) is 0.591. The molecule has 27 heavy (non-hydrogen) atoms. The van der Waals surface area contributed by atoms with Crippen LogP contribution in [0.15, 0.2) is 29.4 Å². The number of nitrogens with one attached hydrogen (secondary N) is 1. The van der Waals surface area contributed by atoms with Gasteiger partial charge in [0.05, 0.1) is 0 Å². The number of nitrogens with zero attached hydrogens (tertiary/aromatic N) is 2. The quantitative estimate of drug-likeness (QED) is 0.824. The molecule has 1 N–H and O–H groups in total. The lowest BCUT2D eigenvalue weighted by molar-refractivity contribution is -0.128. The first kappa shape index (κ1) is 18.2. The van der Waals surface area contributed by atoms with Crippen LogP contribution in [0.1, 0.15) is 68.8 Å². The van der Waals surface area contributed by atoms with Crippen LogP contribution in [-0.2, 0) is 11.3 Å². The molecule has 2 bridgehead atoms. The summed E-state index contributed by atoms with van der Waals surface area (Å²) >= 11 is 0. The molecule has 0 unspecified atom stereocenters. The van der Waals surface area contributed by atoms with Crippen molar-refractivity contribution in [3.05, 3.63) is 35.4 Å². The molecule has 3 fully saturated rings.